The number of benzene rings is 1. The highest BCUT2D eigenvalue weighted by Crippen LogP contribution is 2.29. The van der Waals surface area contributed by atoms with Crippen molar-refractivity contribution in [2.24, 2.45) is 0 Å². The van der Waals surface area contributed by atoms with Crippen molar-refractivity contribution in [1.29, 1.82) is 0 Å². The molecular weight excluding hydrogens is 255 g/mol. The minimum Gasteiger partial charge on any atom is -0.394 e. The fourth-order valence-corrected chi connectivity index (χ4v) is 2.12. The number of nitrogens with two attached hydrogens (primary N) is 1. The van der Waals surface area contributed by atoms with Gasteiger partial charge in [0.15, 0.2) is 0 Å². The van der Waals surface area contributed by atoms with E-state index in [2.05, 4.69) is 24.3 Å². The molecule has 108 valence electrons. The highest BCUT2D eigenvalue weighted by molar-refractivity contribution is 5.65. The van der Waals surface area contributed by atoms with Crippen LogP contribution in [0.1, 0.15) is 44.1 Å². The summed E-state index contributed by atoms with van der Waals surface area (Å²) in [6.45, 7) is 8.01. The Balaban J connectivity index is 2.27. The fraction of sp³-hybridized carbons (Fsp3) is 0.400. The van der Waals surface area contributed by atoms with Gasteiger partial charge >= 0.3 is 0 Å². The van der Waals surface area contributed by atoms with E-state index in [0.29, 0.717) is 5.69 Å². The second-order valence-electron chi connectivity index (χ2n) is 5.30. The van der Waals surface area contributed by atoms with Gasteiger partial charge < -0.3 is 11.1 Å². The van der Waals surface area contributed by atoms with Crippen molar-refractivity contribution < 1.29 is 4.39 Å². The molecule has 1 unspecified atom stereocenters. The summed E-state index contributed by atoms with van der Waals surface area (Å²) >= 11 is 0. The molecule has 0 bridgehead atoms. The zero-order valence-electron chi connectivity index (χ0n) is 12.3. The standard InChI is InChI=1S/C15H21FN4/c1-9(2)20-15(14(17)11(4)19-20)18-10(3)12-5-7-13(16)8-6-12/h5-10,18H,17H2,1-4H3. The lowest BCUT2D eigenvalue weighted by Crippen LogP contribution is -2.14. The molecule has 0 aliphatic heterocycles. The summed E-state index contributed by atoms with van der Waals surface area (Å²) in [7, 11) is 0. The summed E-state index contributed by atoms with van der Waals surface area (Å²) in [5, 5.41) is 7.81. The predicted molar refractivity (Wildman–Crippen MR) is 80.2 cm³/mol. The molecule has 1 aromatic heterocycles. The Morgan fingerprint density at radius 1 is 1.20 bits per heavy atom. The Bertz CT molecular complexity index is 587. The van der Waals surface area contributed by atoms with Crippen LogP contribution < -0.4 is 11.1 Å². The van der Waals surface area contributed by atoms with Crippen molar-refractivity contribution in [1.82, 2.24) is 9.78 Å². The number of halogens is 1. The third-order valence-corrected chi connectivity index (χ3v) is 3.34. The van der Waals surface area contributed by atoms with Crippen LogP contribution in [-0.2, 0) is 0 Å². The van der Waals surface area contributed by atoms with Gasteiger partial charge in [0.25, 0.3) is 0 Å². The first-order valence-electron chi connectivity index (χ1n) is 6.76. The largest absolute Gasteiger partial charge is 0.394 e. The maximum absolute atomic E-state index is 13.0. The van der Waals surface area contributed by atoms with Gasteiger partial charge in [-0.05, 0) is 45.4 Å². The number of hydrogen-bond acceptors (Lipinski definition) is 3. The molecule has 3 N–H and O–H groups in total. The lowest BCUT2D eigenvalue weighted by atomic mass is 10.1. The van der Waals surface area contributed by atoms with Gasteiger partial charge in [-0.25, -0.2) is 9.07 Å². The molecule has 0 aliphatic rings. The van der Waals surface area contributed by atoms with E-state index in [0.717, 1.165) is 17.1 Å². The maximum Gasteiger partial charge on any atom is 0.148 e. The highest BCUT2D eigenvalue weighted by atomic mass is 19.1. The molecule has 0 aliphatic carbocycles. The van der Waals surface area contributed by atoms with Crippen molar-refractivity contribution >= 4 is 11.5 Å². The van der Waals surface area contributed by atoms with Crippen LogP contribution in [0, 0.1) is 12.7 Å². The third kappa shape index (κ3) is 2.76. The zero-order chi connectivity index (χ0) is 14.9. The minimum atomic E-state index is -0.233. The Kier molecular flexibility index (Phi) is 3.97. The van der Waals surface area contributed by atoms with E-state index < -0.39 is 0 Å². The lowest BCUT2D eigenvalue weighted by Gasteiger charge is -2.19. The first-order valence-corrected chi connectivity index (χ1v) is 6.76. The van der Waals surface area contributed by atoms with Gasteiger partial charge in [-0.3, -0.25) is 0 Å². The molecule has 0 fully saturated rings. The van der Waals surface area contributed by atoms with E-state index in [1.54, 1.807) is 12.1 Å². The summed E-state index contributed by atoms with van der Waals surface area (Å²) in [5.41, 5.74) is 8.56. The lowest BCUT2D eigenvalue weighted by molar-refractivity contribution is 0.532. The quantitative estimate of drug-likeness (QED) is 0.896. The molecule has 2 aromatic rings. The van der Waals surface area contributed by atoms with Crippen molar-refractivity contribution in [2.75, 3.05) is 11.1 Å². The van der Waals surface area contributed by atoms with Crippen LogP contribution in [0.5, 0.6) is 0 Å². The Hall–Kier alpha value is -2.04. The van der Waals surface area contributed by atoms with Gasteiger partial charge in [0, 0.05) is 6.04 Å². The van der Waals surface area contributed by atoms with Gasteiger partial charge in [0.2, 0.25) is 0 Å². The summed E-state index contributed by atoms with van der Waals surface area (Å²) in [5.74, 6) is 0.581. The number of nitrogens with zero attached hydrogens (tertiary/aromatic N) is 2. The fourth-order valence-electron chi connectivity index (χ4n) is 2.12. The van der Waals surface area contributed by atoms with E-state index in [-0.39, 0.29) is 17.9 Å². The summed E-state index contributed by atoms with van der Waals surface area (Å²) in [6.07, 6.45) is 0. The number of nitrogen functional groups attached to an aromatic ring is 1. The molecule has 20 heavy (non-hydrogen) atoms. The molecule has 2 rings (SSSR count). The Labute approximate surface area is 118 Å². The van der Waals surface area contributed by atoms with Gasteiger partial charge in [0.05, 0.1) is 17.4 Å². The van der Waals surface area contributed by atoms with Crippen LogP contribution >= 0.6 is 0 Å². The van der Waals surface area contributed by atoms with Gasteiger partial charge in [-0.2, -0.15) is 5.10 Å². The van der Waals surface area contributed by atoms with E-state index in [1.165, 1.54) is 12.1 Å². The molecular formula is C15H21FN4. The number of nitrogens with one attached hydrogen (secondary N) is 1. The smallest absolute Gasteiger partial charge is 0.148 e. The van der Waals surface area contributed by atoms with Crippen LogP contribution in [0.3, 0.4) is 0 Å². The molecule has 0 amide bonds. The van der Waals surface area contributed by atoms with Gasteiger partial charge in [0.1, 0.15) is 11.6 Å². The number of aromatic nitrogens is 2. The molecule has 5 heteroatoms. The first kappa shape index (κ1) is 14.4. The predicted octanol–water partition coefficient (Wildman–Crippen LogP) is 3.67. The number of anilines is 2. The summed E-state index contributed by atoms with van der Waals surface area (Å²) < 4.78 is 14.8. The maximum atomic E-state index is 13.0. The van der Waals surface area contributed by atoms with Crippen LogP contribution in [0.15, 0.2) is 24.3 Å². The zero-order valence-corrected chi connectivity index (χ0v) is 12.3. The molecule has 0 saturated heterocycles. The van der Waals surface area contributed by atoms with Crippen molar-refractivity contribution in [3.8, 4) is 0 Å². The monoisotopic (exact) mass is 276 g/mol. The number of rotatable bonds is 4. The average molecular weight is 276 g/mol. The SMILES string of the molecule is Cc1nn(C(C)C)c(NC(C)c2ccc(F)cc2)c1N. The molecule has 0 saturated carbocycles. The van der Waals surface area contributed by atoms with Gasteiger partial charge in [-0.1, -0.05) is 12.1 Å². The van der Waals surface area contributed by atoms with E-state index in [1.807, 2.05) is 18.5 Å². The average Bonchev–Trinajstić information content (AvgIpc) is 2.68. The molecule has 1 aromatic carbocycles. The molecule has 4 nitrogen and oxygen atoms in total. The van der Waals surface area contributed by atoms with Crippen LogP contribution in [0.4, 0.5) is 15.9 Å². The van der Waals surface area contributed by atoms with Crippen molar-refractivity contribution in [2.45, 2.75) is 39.8 Å². The number of aryl methyl sites for hydroxylation is 1. The molecule has 1 atom stereocenters. The normalized spacial score (nSPS) is 12.7. The number of hydrogen-bond donors (Lipinski definition) is 2. The first-order chi connectivity index (χ1) is 9.40. The summed E-state index contributed by atoms with van der Waals surface area (Å²) in [4.78, 5) is 0. The Morgan fingerprint density at radius 3 is 2.35 bits per heavy atom. The van der Waals surface area contributed by atoms with Crippen molar-refractivity contribution in [3.63, 3.8) is 0 Å². The van der Waals surface area contributed by atoms with Crippen LogP contribution in [0.25, 0.3) is 0 Å². The molecule has 0 radical (unpaired) electrons. The van der Waals surface area contributed by atoms with Gasteiger partial charge in [-0.15, -0.1) is 0 Å². The molecule has 0 spiro atoms. The highest BCUT2D eigenvalue weighted by Gasteiger charge is 2.17. The minimum absolute atomic E-state index is 0.0199. The van der Waals surface area contributed by atoms with E-state index in [9.17, 15) is 4.39 Å². The third-order valence-electron chi connectivity index (χ3n) is 3.34. The Morgan fingerprint density at radius 2 is 1.80 bits per heavy atom. The van der Waals surface area contributed by atoms with Crippen molar-refractivity contribution in [3.05, 3.63) is 41.3 Å². The topological polar surface area (TPSA) is 55.9 Å². The van der Waals surface area contributed by atoms with E-state index in [4.69, 9.17) is 5.73 Å². The second kappa shape index (κ2) is 5.53. The molecule has 1 heterocycles. The van der Waals surface area contributed by atoms with Crippen LogP contribution in [0.2, 0.25) is 0 Å². The van der Waals surface area contributed by atoms with Crippen LogP contribution in [-0.4, -0.2) is 9.78 Å². The summed E-state index contributed by atoms with van der Waals surface area (Å²) in [6, 6.07) is 6.70. The van der Waals surface area contributed by atoms with E-state index >= 15 is 0 Å². The second-order valence-corrected chi connectivity index (χ2v) is 5.30.